The lowest BCUT2D eigenvalue weighted by molar-refractivity contribution is -0.142. The number of urea groups is 1. The zero-order chi connectivity index (χ0) is 48.7. The summed E-state index contributed by atoms with van der Waals surface area (Å²) in [7, 11) is 3.33. The Hall–Kier alpha value is -5.59. The molecule has 17 nitrogen and oxygen atoms in total. The highest BCUT2D eigenvalue weighted by molar-refractivity contribution is 5.96. The second-order valence-electron chi connectivity index (χ2n) is 20.6. The number of benzene rings is 2. The Morgan fingerprint density at radius 1 is 1.03 bits per heavy atom. The highest BCUT2D eigenvalue weighted by atomic mass is 16.8. The maximum absolute atomic E-state index is 14.9. The average molecular weight is 948 g/mol. The van der Waals surface area contributed by atoms with Crippen LogP contribution in [-0.2, 0) is 54.6 Å². The number of phenolic OH excluding ortho intramolecular Hbond substituents is 1. The fourth-order valence-electron chi connectivity index (χ4n) is 10.8. The van der Waals surface area contributed by atoms with Gasteiger partial charge in [0.25, 0.3) is 5.91 Å². The number of aromatic hydroxyl groups is 1. The van der Waals surface area contributed by atoms with Gasteiger partial charge in [0, 0.05) is 95.3 Å². The number of carbonyl (C=O) groups is 4. The fraction of sp³-hybridized carbons (Fsp3) is 0.558. The Morgan fingerprint density at radius 2 is 1.81 bits per heavy atom. The first-order chi connectivity index (χ1) is 33.1. The number of pyridine rings is 1. The number of methoxy groups -OCH3 is 1. The summed E-state index contributed by atoms with van der Waals surface area (Å²) in [6.07, 6.45) is 5.85. The van der Waals surface area contributed by atoms with Gasteiger partial charge in [0.1, 0.15) is 23.9 Å². The van der Waals surface area contributed by atoms with E-state index >= 15 is 0 Å². The Balaban J connectivity index is 1.07. The quantitative estimate of drug-likeness (QED) is 0.170. The van der Waals surface area contributed by atoms with E-state index in [1.165, 1.54) is 4.90 Å². The van der Waals surface area contributed by atoms with Gasteiger partial charge in [-0.25, -0.2) is 10.2 Å². The number of rotatable bonds is 9. The Labute approximate surface area is 404 Å². The number of aromatic nitrogens is 2. The molecule has 4 N–H and O–H groups in total. The van der Waals surface area contributed by atoms with Crippen LogP contribution in [0.4, 0.5) is 4.79 Å². The maximum Gasteiger partial charge on any atom is 0.320 e. The Morgan fingerprint density at radius 3 is 2.57 bits per heavy atom. The number of nitrogens with zero attached hydrogens (tertiary/aromatic N) is 6. The summed E-state index contributed by atoms with van der Waals surface area (Å²) in [4.78, 5) is 66.2. The van der Waals surface area contributed by atoms with Gasteiger partial charge in [0.15, 0.2) is 6.29 Å². The lowest BCUT2D eigenvalue weighted by atomic mass is 9.84. The van der Waals surface area contributed by atoms with Gasteiger partial charge >= 0.3 is 6.03 Å². The molecular weight excluding hydrogens is 879 g/mol. The number of epoxide rings is 1. The molecule has 5 amide bonds. The minimum atomic E-state index is -1.07. The topological polar surface area (TPSA) is 196 Å². The Kier molecular flexibility index (Phi) is 14.1. The van der Waals surface area contributed by atoms with E-state index in [-0.39, 0.29) is 59.5 Å². The summed E-state index contributed by atoms with van der Waals surface area (Å²) in [6, 6.07) is 11.1. The highest BCUT2D eigenvalue weighted by Crippen LogP contribution is 2.42. The van der Waals surface area contributed by atoms with Crippen LogP contribution in [0, 0.1) is 11.3 Å². The number of hydrogen-bond donors (Lipinski definition) is 4. The molecule has 4 aromatic rings. The monoisotopic (exact) mass is 948 g/mol. The molecule has 7 heterocycles. The summed E-state index contributed by atoms with van der Waals surface area (Å²) in [5.41, 5.74) is 10.7. The standard InChI is InChI=1S/C52H69N9O8/c1-8-60-43-13-12-33-25-37(43)38(45(60)39-27-53-15-14-34(39)29-67-7)26-52(4,5)30-68-50-46(69-50)40-11-9-18-61(56-40)49(65)41(23-32-21-35(33)24-36(62)22-32)55-47(63)44(31(2)3)57(6)51(66)59-17-10-16-58(19-20-59)48(64)42-28-54-42/h12-15,21-22,24-25,27,31,40-42,44,46,50,54,56,62H,8-11,16-20,23,26,28-30H2,1-7H3,(H,55,63)/t40-,41-,42+,44-,46?,50?/m0/s1. The molecule has 2 aromatic carbocycles. The molecule has 5 aliphatic rings. The second kappa shape index (κ2) is 20.0. The molecular formula is C52H69N9O8. The molecule has 0 aliphatic carbocycles. The Bertz CT molecular complexity index is 2580. The van der Waals surface area contributed by atoms with E-state index in [1.54, 1.807) is 42.4 Å². The number of carbonyl (C=O) groups excluding carboxylic acids is 4. The smallest absolute Gasteiger partial charge is 0.320 e. The molecule has 2 aromatic heterocycles. The van der Waals surface area contributed by atoms with Crippen LogP contribution in [-0.4, -0.2) is 155 Å². The first kappa shape index (κ1) is 48.4. The number of phenols is 1. The number of amides is 5. The number of aryl methyl sites for hydroxylation is 1. The van der Waals surface area contributed by atoms with Crippen molar-refractivity contribution in [2.45, 2.75) is 116 Å². The third-order valence-electron chi connectivity index (χ3n) is 14.4. The van der Waals surface area contributed by atoms with Crippen molar-refractivity contribution < 1.29 is 38.5 Å². The maximum atomic E-state index is 14.9. The van der Waals surface area contributed by atoms with Gasteiger partial charge in [-0.2, -0.15) is 0 Å². The van der Waals surface area contributed by atoms with Crippen molar-refractivity contribution in [3.05, 3.63) is 71.5 Å². The first-order valence-electron chi connectivity index (χ1n) is 24.7. The van der Waals surface area contributed by atoms with Crippen molar-refractivity contribution >= 4 is 34.7 Å². The number of hydrogen-bond acceptors (Lipinski definition) is 11. The number of hydrazine groups is 1. The van der Waals surface area contributed by atoms with Crippen molar-refractivity contribution in [3.8, 4) is 28.1 Å². The van der Waals surface area contributed by atoms with Crippen LogP contribution in [0.15, 0.2) is 54.9 Å². The van der Waals surface area contributed by atoms with E-state index in [0.717, 1.165) is 50.8 Å². The summed E-state index contributed by atoms with van der Waals surface area (Å²) < 4.78 is 20.7. The van der Waals surface area contributed by atoms with E-state index in [9.17, 15) is 24.3 Å². The summed E-state index contributed by atoms with van der Waals surface area (Å²) in [6.45, 7) is 14.8. The van der Waals surface area contributed by atoms with Crippen molar-refractivity contribution in [1.29, 1.82) is 0 Å². The second-order valence-corrected chi connectivity index (χ2v) is 20.6. The molecule has 370 valence electrons. The van der Waals surface area contributed by atoms with E-state index in [4.69, 9.17) is 14.2 Å². The van der Waals surface area contributed by atoms with Crippen LogP contribution < -0.4 is 16.1 Å². The molecule has 9 rings (SSSR count). The van der Waals surface area contributed by atoms with Crippen molar-refractivity contribution in [2.75, 3.05) is 60.0 Å². The van der Waals surface area contributed by atoms with Gasteiger partial charge in [-0.3, -0.25) is 24.4 Å². The van der Waals surface area contributed by atoms with Crippen LogP contribution >= 0.6 is 0 Å². The van der Waals surface area contributed by atoms with Crippen LogP contribution in [0.5, 0.6) is 5.75 Å². The van der Waals surface area contributed by atoms with Gasteiger partial charge in [-0.15, -0.1) is 0 Å². The minimum absolute atomic E-state index is 0.0282. The van der Waals surface area contributed by atoms with Gasteiger partial charge in [-0.05, 0) is 102 Å². The first-order valence-corrected chi connectivity index (χ1v) is 24.7. The predicted octanol–water partition coefficient (Wildman–Crippen LogP) is 4.67. The molecule has 4 fully saturated rings. The van der Waals surface area contributed by atoms with Gasteiger partial charge in [-0.1, -0.05) is 39.8 Å². The van der Waals surface area contributed by atoms with E-state index in [2.05, 4.69) is 64.6 Å². The lowest BCUT2D eigenvalue weighted by Gasteiger charge is -2.37. The third-order valence-corrected chi connectivity index (χ3v) is 14.4. The summed E-state index contributed by atoms with van der Waals surface area (Å²) >= 11 is 0. The molecule has 69 heavy (non-hydrogen) atoms. The molecule has 0 saturated carbocycles. The van der Waals surface area contributed by atoms with Gasteiger partial charge < -0.3 is 49.2 Å². The van der Waals surface area contributed by atoms with Crippen LogP contribution in [0.2, 0.25) is 0 Å². The number of nitrogens with one attached hydrogen (secondary N) is 3. The van der Waals surface area contributed by atoms with Crippen molar-refractivity contribution in [3.63, 3.8) is 0 Å². The molecule has 5 aliphatic heterocycles. The molecule has 0 radical (unpaired) electrons. The molecule has 0 spiro atoms. The van der Waals surface area contributed by atoms with E-state index in [1.807, 2.05) is 37.1 Å². The molecule has 17 heteroatoms. The predicted molar refractivity (Wildman–Crippen MR) is 261 cm³/mol. The zero-order valence-electron chi connectivity index (χ0n) is 41.1. The number of fused-ring (bicyclic) bond motifs is 8. The van der Waals surface area contributed by atoms with Crippen molar-refractivity contribution in [1.82, 2.24) is 45.3 Å². The zero-order valence-corrected chi connectivity index (χ0v) is 41.1. The minimum Gasteiger partial charge on any atom is -0.508 e. The lowest BCUT2D eigenvalue weighted by Crippen LogP contribution is -2.62. The van der Waals surface area contributed by atoms with Crippen LogP contribution in [0.3, 0.4) is 0 Å². The SMILES string of the molecule is CCn1c(-c2cnccc2COC)c2c3cc(ccc31)-c1cc(O)cc(c1)C[C@H](NC(=O)[C@H](C(C)C)N(C)C(=O)N1CCCN(C(=O)[C@H]3CN3)CC1)C(=O)N1CCC[C@H](N1)C1OC1OCC(C)(C)C2. The third kappa shape index (κ3) is 10.3. The largest absolute Gasteiger partial charge is 0.508 e. The number of likely N-dealkylation sites (N-methyl/N-ethyl adjacent to an activating group) is 1. The van der Waals surface area contributed by atoms with Crippen LogP contribution in [0.1, 0.15) is 70.6 Å². The fourth-order valence-corrected chi connectivity index (χ4v) is 10.8. The number of ether oxygens (including phenoxy) is 3. The highest BCUT2D eigenvalue weighted by Gasteiger charge is 2.49. The van der Waals surface area contributed by atoms with Gasteiger partial charge in [0.05, 0.1) is 31.0 Å². The molecule has 6 atom stereocenters. The summed E-state index contributed by atoms with van der Waals surface area (Å²) in [5.74, 6) is -1.02. The van der Waals surface area contributed by atoms with Crippen molar-refractivity contribution in [2.24, 2.45) is 11.3 Å². The van der Waals surface area contributed by atoms with E-state index in [0.29, 0.717) is 83.9 Å². The molecule has 6 bridgehead atoms. The summed E-state index contributed by atoms with van der Waals surface area (Å²) in [5, 5.41) is 20.2. The van der Waals surface area contributed by atoms with E-state index < -0.39 is 24.3 Å². The van der Waals surface area contributed by atoms with Gasteiger partial charge in [0.2, 0.25) is 11.8 Å². The van der Waals surface area contributed by atoms with Crippen LogP contribution in [0.25, 0.3) is 33.3 Å². The average Bonchev–Trinajstić information content (AvgIpc) is 4.27. The normalized spacial score (nSPS) is 24.2. The molecule has 2 unspecified atom stereocenters. The molecule has 4 saturated heterocycles.